The van der Waals surface area contributed by atoms with E-state index in [1.165, 1.54) is 0 Å². The highest BCUT2D eigenvalue weighted by molar-refractivity contribution is 6.12. The number of hydrogen-bond acceptors (Lipinski definition) is 5. The van der Waals surface area contributed by atoms with Crippen molar-refractivity contribution < 1.29 is 19.0 Å². The van der Waals surface area contributed by atoms with Crippen molar-refractivity contribution >= 4 is 11.5 Å². The highest BCUT2D eigenvalue weighted by Crippen LogP contribution is 2.48. The van der Waals surface area contributed by atoms with Gasteiger partial charge in [0.15, 0.2) is 11.5 Å². The van der Waals surface area contributed by atoms with Gasteiger partial charge in [-0.05, 0) is 68.4 Å². The third-order valence-corrected chi connectivity index (χ3v) is 6.29. The molecule has 6 heteroatoms. The van der Waals surface area contributed by atoms with Gasteiger partial charge in [-0.3, -0.25) is 4.79 Å². The molecular formula is C29H26N2O4. The minimum atomic E-state index is -1.12. The smallest absolute Gasteiger partial charge is 0.254 e. The first-order valence-corrected chi connectivity index (χ1v) is 11.3. The number of methoxy groups -OCH3 is 2. The van der Waals surface area contributed by atoms with E-state index in [-0.39, 0.29) is 5.78 Å². The molecule has 0 aliphatic carbocycles. The van der Waals surface area contributed by atoms with Crippen LogP contribution in [0.2, 0.25) is 0 Å². The first-order chi connectivity index (χ1) is 17.0. The maximum Gasteiger partial charge on any atom is 0.254 e. The van der Waals surface area contributed by atoms with Gasteiger partial charge in [0.2, 0.25) is 0 Å². The number of fused-ring (bicyclic) bond motifs is 1. The third-order valence-electron chi connectivity index (χ3n) is 6.29. The summed E-state index contributed by atoms with van der Waals surface area (Å²) < 4.78 is 19.4. The van der Waals surface area contributed by atoms with Crippen molar-refractivity contribution in [2.45, 2.75) is 19.6 Å². The lowest BCUT2D eigenvalue weighted by molar-refractivity contribution is 0.0615. The van der Waals surface area contributed by atoms with E-state index < -0.39 is 5.72 Å². The van der Waals surface area contributed by atoms with Gasteiger partial charge in [-0.1, -0.05) is 30.3 Å². The molecule has 35 heavy (non-hydrogen) atoms. The fourth-order valence-corrected chi connectivity index (χ4v) is 4.49. The third kappa shape index (κ3) is 3.67. The van der Waals surface area contributed by atoms with Crippen LogP contribution in [-0.4, -0.2) is 29.8 Å². The summed E-state index contributed by atoms with van der Waals surface area (Å²) in [6, 6.07) is 26.6. The van der Waals surface area contributed by atoms with Gasteiger partial charge in [-0.15, -0.1) is 0 Å². The van der Waals surface area contributed by atoms with E-state index in [1.807, 2.05) is 96.5 Å². The number of rotatable bonds is 6. The predicted octanol–water partition coefficient (Wildman–Crippen LogP) is 5.60. The van der Waals surface area contributed by atoms with Crippen molar-refractivity contribution in [3.8, 4) is 11.5 Å². The second-order valence-corrected chi connectivity index (χ2v) is 8.44. The quantitative estimate of drug-likeness (QED) is 0.273. The van der Waals surface area contributed by atoms with E-state index in [9.17, 15) is 4.79 Å². The number of Topliss-reactive ketones (excluding diaryl/α,β-unsaturated/α-hetero) is 1. The molecule has 1 aliphatic rings. The molecule has 3 aromatic carbocycles. The van der Waals surface area contributed by atoms with Crippen molar-refractivity contribution in [1.29, 1.82) is 0 Å². The molecule has 0 atom stereocenters. The fraction of sp³-hybridized carbons (Fsp3) is 0.172. The second-order valence-electron chi connectivity index (χ2n) is 8.44. The summed E-state index contributed by atoms with van der Waals surface area (Å²) in [7, 11) is 3.27. The van der Waals surface area contributed by atoms with Crippen LogP contribution in [0.25, 0.3) is 5.76 Å². The Morgan fingerprint density at radius 3 is 1.91 bits per heavy atom. The number of aromatic nitrogens is 2. The Bertz CT molecular complexity index is 1350. The maximum atomic E-state index is 13.4. The molecule has 1 aliphatic heterocycles. The molecule has 0 N–H and O–H groups in total. The lowest BCUT2D eigenvalue weighted by Crippen LogP contribution is -2.35. The standard InChI is InChI=1S/C29H26N2O4/c1-19-18-26-28(20(2)27(32)21-8-6-5-7-9-21)35-29(31(26)30-19,22-10-14-24(33-3)15-11-22)23-12-16-25(34-4)17-13-23/h5-18H,1-4H3/b28-20+. The van der Waals surface area contributed by atoms with E-state index in [2.05, 4.69) is 0 Å². The van der Waals surface area contributed by atoms with Gasteiger partial charge >= 0.3 is 0 Å². The summed E-state index contributed by atoms with van der Waals surface area (Å²) in [6.45, 7) is 3.74. The molecule has 176 valence electrons. The Labute approximate surface area is 204 Å². The van der Waals surface area contributed by atoms with Crippen molar-refractivity contribution in [2.24, 2.45) is 0 Å². The van der Waals surface area contributed by atoms with Crippen LogP contribution in [0.1, 0.15) is 39.8 Å². The lowest BCUT2D eigenvalue weighted by atomic mass is 9.94. The van der Waals surface area contributed by atoms with Crippen molar-refractivity contribution in [2.75, 3.05) is 14.2 Å². The summed E-state index contributed by atoms with van der Waals surface area (Å²) in [6.07, 6.45) is 0. The maximum absolute atomic E-state index is 13.4. The minimum absolute atomic E-state index is 0.0914. The van der Waals surface area contributed by atoms with E-state index >= 15 is 0 Å². The van der Waals surface area contributed by atoms with Crippen LogP contribution in [0, 0.1) is 6.92 Å². The molecule has 5 rings (SSSR count). The van der Waals surface area contributed by atoms with Crippen LogP contribution in [0.3, 0.4) is 0 Å². The summed E-state index contributed by atoms with van der Waals surface area (Å²) >= 11 is 0. The first kappa shape index (κ1) is 22.5. The lowest BCUT2D eigenvalue weighted by Gasteiger charge is -2.31. The van der Waals surface area contributed by atoms with Gasteiger partial charge in [0.1, 0.15) is 17.2 Å². The Morgan fingerprint density at radius 2 is 1.40 bits per heavy atom. The molecular weight excluding hydrogens is 440 g/mol. The number of allylic oxidation sites excluding steroid dienone is 1. The number of carbonyl (C=O) groups excluding carboxylic acids is 1. The summed E-state index contributed by atoms with van der Waals surface area (Å²) in [5, 5.41) is 4.83. The Morgan fingerprint density at radius 1 is 0.857 bits per heavy atom. The number of carbonyl (C=O) groups is 1. The topological polar surface area (TPSA) is 62.6 Å². The SMILES string of the molecule is COc1ccc(C2(c3ccc(OC)cc3)O/C(=C(\C)C(=O)c3ccccc3)c3cc(C)nn32)cc1. The Hall–Kier alpha value is -4.32. The molecule has 2 heterocycles. The molecule has 6 nitrogen and oxygen atoms in total. The van der Waals surface area contributed by atoms with Crippen LogP contribution in [0.5, 0.6) is 11.5 Å². The number of benzene rings is 3. The summed E-state index contributed by atoms with van der Waals surface area (Å²) in [4.78, 5) is 13.4. The fourth-order valence-electron chi connectivity index (χ4n) is 4.49. The van der Waals surface area contributed by atoms with E-state index in [0.717, 1.165) is 34.0 Å². The van der Waals surface area contributed by atoms with E-state index in [1.54, 1.807) is 21.1 Å². The molecule has 0 saturated carbocycles. The summed E-state index contributed by atoms with van der Waals surface area (Å²) in [5.74, 6) is 1.89. The largest absolute Gasteiger partial charge is 0.497 e. The van der Waals surface area contributed by atoms with E-state index in [0.29, 0.717) is 16.9 Å². The van der Waals surface area contributed by atoms with E-state index in [4.69, 9.17) is 19.3 Å². The van der Waals surface area contributed by atoms with Gasteiger partial charge in [0.25, 0.3) is 5.72 Å². The number of nitrogens with zero attached hydrogens (tertiary/aromatic N) is 2. The molecule has 0 fully saturated rings. The monoisotopic (exact) mass is 466 g/mol. The van der Waals surface area contributed by atoms with Gasteiger partial charge in [0, 0.05) is 22.3 Å². The van der Waals surface area contributed by atoms with Crippen molar-refractivity contribution in [1.82, 2.24) is 9.78 Å². The zero-order valence-electron chi connectivity index (χ0n) is 20.1. The molecule has 1 aromatic heterocycles. The van der Waals surface area contributed by atoms with Crippen molar-refractivity contribution in [3.05, 3.63) is 119 Å². The number of ketones is 1. The highest BCUT2D eigenvalue weighted by Gasteiger charge is 2.49. The number of hydrogen-bond donors (Lipinski definition) is 0. The van der Waals surface area contributed by atoms with Crippen LogP contribution in [0.4, 0.5) is 0 Å². The van der Waals surface area contributed by atoms with Crippen LogP contribution in [0.15, 0.2) is 90.5 Å². The molecule has 0 unspecified atom stereocenters. The molecule has 0 amide bonds. The zero-order chi connectivity index (χ0) is 24.6. The molecule has 0 radical (unpaired) electrons. The average Bonchev–Trinajstić information content (AvgIpc) is 3.44. The number of ether oxygens (including phenoxy) is 3. The van der Waals surface area contributed by atoms with Gasteiger partial charge in [-0.25, -0.2) is 4.68 Å². The molecule has 0 spiro atoms. The van der Waals surface area contributed by atoms with Gasteiger partial charge in [0.05, 0.1) is 19.9 Å². The minimum Gasteiger partial charge on any atom is -0.497 e. The predicted molar refractivity (Wildman–Crippen MR) is 134 cm³/mol. The van der Waals surface area contributed by atoms with Crippen LogP contribution >= 0.6 is 0 Å². The van der Waals surface area contributed by atoms with Crippen LogP contribution < -0.4 is 9.47 Å². The summed E-state index contributed by atoms with van der Waals surface area (Å²) in [5.41, 5.74) is 3.28. The zero-order valence-corrected chi connectivity index (χ0v) is 20.1. The van der Waals surface area contributed by atoms with Gasteiger partial charge < -0.3 is 14.2 Å². The first-order valence-electron chi connectivity index (χ1n) is 11.3. The average molecular weight is 467 g/mol. The second kappa shape index (κ2) is 8.80. The molecule has 0 saturated heterocycles. The highest BCUT2D eigenvalue weighted by atomic mass is 16.5. The van der Waals surface area contributed by atoms with Gasteiger partial charge in [-0.2, -0.15) is 5.10 Å². The number of aryl methyl sites for hydroxylation is 1. The Kier molecular flexibility index (Phi) is 5.65. The molecule has 4 aromatic rings. The normalized spacial score (nSPS) is 15.2. The molecule has 0 bridgehead atoms. The Balaban J connectivity index is 1.75. The van der Waals surface area contributed by atoms with Crippen molar-refractivity contribution in [3.63, 3.8) is 0 Å². The van der Waals surface area contributed by atoms with Crippen LogP contribution in [-0.2, 0) is 10.5 Å².